The molecule has 2 fully saturated rings. The number of nitrogens with one attached hydrogen (secondary N) is 3. The van der Waals surface area contributed by atoms with E-state index < -0.39 is 0 Å². The second-order valence-corrected chi connectivity index (χ2v) is 16.9. The van der Waals surface area contributed by atoms with Crippen molar-refractivity contribution in [1.29, 1.82) is 0 Å². The van der Waals surface area contributed by atoms with E-state index in [-0.39, 0.29) is 29.9 Å². The van der Waals surface area contributed by atoms with Crippen LogP contribution in [0.5, 0.6) is 0 Å². The van der Waals surface area contributed by atoms with E-state index in [1.807, 2.05) is 101 Å². The molecule has 304 valence electrons. The second kappa shape index (κ2) is 17.9. The van der Waals surface area contributed by atoms with Crippen molar-refractivity contribution in [3.05, 3.63) is 160 Å². The zero-order valence-electron chi connectivity index (χ0n) is 33.1. The van der Waals surface area contributed by atoms with Gasteiger partial charge in [0.1, 0.15) is 17.2 Å². The van der Waals surface area contributed by atoms with Gasteiger partial charge in [-0.1, -0.05) is 12.1 Å². The van der Waals surface area contributed by atoms with Gasteiger partial charge in [0.05, 0.1) is 23.1 Å². The summed E-state index contributed by atoms with van der Waals surface area (Å²) in [6.45, 7) is 4.05. The SMILES string of the molecule is Cc1cccc(N2CCC[C@@H]2c2csc(NC(=O)c3cccn3Cc3ccnc(C4CCC[C@@H](/C=C/c5csc(NC(=O)c6cccn6Cc6ccncc6)n5)N4)c3)n2)n1. The molecule has 9 heterocycles. The number of carbonyl (C=O) groups excluding carboxylic acids is 2. The molecular formula is C45H45N11O2S2. The molecule has 0 aliphatic carbocycles. The van der Waals surface area contributed by atoms with Crippen LogP contribution in [-0.4, -0.2) is 58.5 Å². The first-order valence-electron chi connectivity index (χ1n) is 20.2. The summed E-state index contributed by atoms with van der Waals surface area (Å²) in [5.74, 6) is 0.578. The van der Waals surface area contributed by atoms with Crippen molar-refractivity contribution in [2.75, 3.05) is 22.1 Å². The molecule has 3 atom stereocenters. The summed E-state index contributed by atoms with van der Waals surface area (Å²) >= 11 is 2.86. The van der Waals surface area contributed by atoms with Crippen LogP contribution in [0.15, 0.2) is 115 Å². The summed E-state index contributed by atoms with van der Waals surface area (Å²) in [6.07, 6.45) is 18.5. The molecule has 7 aromatic rings. The quantitative estimate of drug-likeness (QED) is 0.104. The first-order valence-corrected chi connectivity index (χ1v) is 22.0. The highest BCUT2D eigenvalue weighted by Gasteiger charge is 2.30. The number of pyridine rings is 3. The molecule has 60 heavy (non-hydrogen) atoms. The van der Waals surface area contributed by atoms with E-state index in [4.69, 9.17) is 15.0 Å². The van der Waals surface area contributed by atoms with Gasteiger partial charge in [0.2, 0.25) is 0 Å². The molecule has 0 spiro atoms. The van der Waals surface area contributed by atoms with Crippen LogP contribution in [0.2, 0.25) is 0 Å². The summed E-state index contributed by atoms with van der Waals surface area (Å²) in [5.41, 5.74) is 7.00. The van der Waals surface area contributed by atoms with Gasteiger partial charge in [0.15, 0.2) is 10.3 Å². The normalized spacial score (nSPS) is 17.9. The Morgan fingerprint density at radius 3 is 2.30 bits per heavy atom. The fourth-order valence-corrected chi connectivity index (χ4v) is 9.45. The van der Waals surface area contributed by atoms with Gasteiger partial charge >= 0.3 is 0 Å². The monoisotopic (exact) mass is 835 g/mol. The molecule has 0 aromatic carbocycles. The smallest absolute Gasteiger partial charge is 0.274 e. The zero-order chi connectivity index (χ0) is 40.8. The molecule has 7 aromatic heterocycles. The lowest BCUT2D eigenvalue weighted by molar-refractivity contribution is 0.101. The largest absolute Gasteiger partial charge is 0.348 e. The summed E-state index contributed by atoms with van der Waals surface area (Å²) in [4.78, 5) is 52.1. The van der Waals surface area contributed by atoms with Crippen molar-refractivity contribution in [2.24, 2.45) is 0 Å². The first-order chi connectivity index (χ1) is 29.4. The van der Waals surface area contributed by atoms with Crippen molar-refractivity contribution in [1.82, 2.24) is 39.4 Å². The lowest BCUT2D eigenvalue weighted by Gasteiger charge is -2.29. The van der Waals surface area contributed by atoms with Gasteiger partial charge in [-0.3, -0.25) is 30.2 Å². The number of aryl methyl sites for hydroxylation is 1. The minimum absolute atomic E-state index is 0.0889. The van der Waals surface area contributed by atoms with Crippen LogP contribution in [0, 0.1) is 6.92 Å². The van der Waals surface area contributed by atoms with Crippen molar-refractivity contribution in [3.8, 4) is 0 Å². The number of thiazole rings is 2. The van der Waals surface area contributed by atoms with E-state index in [0.29, 0.717) is 34.7 Å². The lowest BCUT2D eigenvalue weighted by Crippen LogP contribution is -2.35. The topological polar surface area (TPSA) is 148 Å². The molecule has 9 rings (SSSR count). The second-order valence-electron chi connectivity index (χ2n) is 15.2. The third-order valence-corrected chi connectivity index (χ3v) is 12.5. The Morgan fingerprint density at radius 1 is 0.783 bits per heavy atom. The molecule has 2 aliphatic heterocycles. The minimum atomic E-state index is -0.199. The van der Waals surface area contributed by atoms with Crippen LogP contribution < -0.4 is 20.9 Å². The van der Waals surface area contributed by atoms with Crippen molar-refractivity contribution in [3.63, 3.8) is 0 Å². The van der Waals surface area contributed by atoms with Gasteiger partial charge in [-0.15, -0.1) is 22.7 Å². The van der Waals surface area contributed by atoms with Crippen LogP contribution in [0.4, 0.5) is 16.1 Å². The Labute approximate surface area is 356 Å². The lowest BCUT2D eigenvalue weighted by atomic mass is 9.95. The number of piperidine rings is 1. The van der Waals surface area contributed by atoms with E-state index in [9.17, 15) is 9.59 Å². The molecule has 0 radical (unpaired) electrons. The summed E-state index contributed by atoms with van der Waals surface area (Å²) in [6, 6.07) is 21.9. The molecule has 13 nitrogen and oxygen atoms in total. The van der Waals surface area contributed by atoms with Gasteiger partial charge in [0, 0.05) is 79.2 Å². The van der Waals surface area contributed by atoms with Crippen molar-refractivity contribution >= 4 is 56.6 Å². The maximum Gasteiger partial charge on any atom is 0.274 e. The molecule has 3 N–H and O–H groups in total. The van der Waals surface area contributed by atoms with Crippen molar-refractivity contribution < 1.29 is 9.59 Å². The molecule has 1 unspecified atom stereocenters. The van der Waals surface area contributed by atoms with Crippen LogP contribution in [-0.2, 0) is 13.1 Å². The van der Waals surface area contributed by atoms with E-state index >= 15 is 0 Å². The van der Waals surface area contributed by atoms with Crippen LogP contribution in [0.25, 0.3) is 6.08 Å². The molecule has 2 amide bonds. The third kappa shape index (κ3) is 9.13. The Hall–Kier alpha value is -6.29. The highest BCUT2D eigenvalue weighted by atomic mass is 32.1. The molecule has 2 aliphatic rings. The van der Waals surface area contributed by atoms with E-state index in [0.717, 1.165) is 78.4 Å². The van der Waals surface area contributed by atoms with E-state index in [2.05, 4.69) is 54.4 Å². The number of hydrogen-bond acceptors (Lipinski definition) is 11. The predicted molar refractivity (Wildman–Crippen MR) is 237 cm³/mol. The van der Waals surface area contributed by atoms with Crippen LogP contribution in [0.1, 0.15) is 99.1 Å². The number of nitrogens with zero attached hydrogens (tertiary/aromatic N) is 8. The number of amides is 2. The molecule has 0 bridgehead atoms. The highest BCUT2D eigenvalue weighted by molar-refractivity contribution is 7.14. The number of carbonyl (C=O) groups is 2. The standard InChI is InChI=1S/C45H45N11O2S2/c1-30-7-2-13-41(48-30)56-24-6-10-38(56)37-29-60-45(51-37)53-43(58)40-12-5-23-55(40)27-32-18-21-47-36(25-32)35-9-3-8-33(49-35)14-15-34-28-59-44(50-34)52-42(57)39-11-4-22-54(39)26-31-16-19-46-20-17-31/h2,4-5,7,11-23,25,28-29,33,35,38,49H,3,6,8-10,24,26-27H2,1H3,(H,50,52,57)(H,51,53,58)/b15-14+/t33-,35?,38+/m0/s1. The molecule has 15 heteroatoms. The van der Waals surface area contributed by atoms with E-state index in [1.165, 1.54) is 22.7 Å². The third-order valence-electron chi connectivity index (χ3n) is 11.0. The Balaban J connectivity index is 0.791. The van der Waals surface area contributed by atoms with Gasteiger partial charge in [-0.05, 0) is 117 Å². The van der Waals surface area contributed by atoms with E-state index in [1.54, 1.807) is 12.4 Å². The van der Waals surface area contributed by atoms with Gasteiger partial charge < -0.3 is 19.4 Å². The van der Waals surface area contributed by atoms with Crippen molar-refractivity contribution in [2.45, 2.75) is 70.2 Å². The number of rotatable bonds is 13. The van der Waals surface area contributed by atoms with Crippen LogP contribution in [0.3, 0.4) is 0 Å². The fourth-order valence-electron chi connectivity index (χ4n) is 8.02. The Kier molecular flexibility index (Phi) is 11.7. The number of aromatic nitrogens is 7. The van der Waals surface area contributed by atoms with Gasteiger partial charge in [-0.25, -0.2) is 15.0 Å². The minimum Gasteiger partial charge on any atom is -0.348 e. The van der Waals surface area contributed by atoms with Crippen LogP contribution >= 0.6 is 22.7 Å². The number of anilines is 3. The first kappa shape index (κ1) is 39.2. The maximum atomic E-state index is 13.6. The number of hydrogen-bond donors (Lipinski definition) is 3. The van der Waals surface area contributed by atoms with Gasteiger partial charge in [-0.2, -0.15) is 0 Å². The molecular weight excluding hydrogens is 791 g/mol. The molecule has 2 saturated heterocycles. The average Bonchev–Trinajstić information content (AvgIpc) is 4.12. The Morgan fingerprint density at radius 2 is 1.52 bits per heavy atom. The summed E-state index contributed by atoms with van der Waals surface area (Å²) in [5, 5.41) is 14.9. The zero-order valence-corrected chi connectivity index (χ0v) is 34.8. The maximum absolute atomic E-state index is 13.6. The fraction of sp³-hybridized carbons (Fsp3) is 0.267. The van der Waals surface area contributed by atoms with Gasteiger partial charge in [0.25, 0.3) is 11.8 Å². The molecule has 0 saturated carbocycles. The summed E-state index contributed by atoms with van der Waals surface area (Å²) in [7, 11) is 0. The highest BCUT2D eigenvalue weighted by Crippen LogP contribution is 2.36. The summed E-state index contributed by atoms with van der Waals surface area (Å²) < 4.78 is 3.88. The predicted octanol–water partition coefficient (Wildman–Crippen LogP) is 8.54. The Bertz CT molecular complexity index is 2610. The average molecular weight is 836 g/mol.